The lowest BCUT2D eigenvalue weighted by atomic mass is 9.91. The number of hydrogen-bond donors (Lipinski definition) is 3. The van der Waals surface area contributed by atoms with Gasteiger partial charge in [0, 0.05) is 23.2 Å². The fourth-order valence-corrected chi connectivity index (χ4v) is 5.44. The van der Waals surface area contributed by atoms with Gasteiger partial charge in [0.15, 0.2) is 0 Å². The molecule has 3 atom stereocenters. The molecule has 2 aliphatic rings. The summed E-state index contributed by atoms with van der Waals surface area (Å²) >= 11 is 0. The lowest BCUT2D eigenvalue weighted by Gasteiger charge is -2.31. The average Bonchev–Trinajstić information content (AvgIpc) is 3.05. The molecule has 1 fully saturated rings. The third-order valence-corrected chi connectivity index (χ3v) is 7.56. The second kappa shape index (κ2) is 10.8. The molecule has 7 nitrogen and oxygen atoms in total. The van der Waals surface area contributed by atoms with Crippen molar-refractivity contribution in [2.45, 2.75) is 64.1 Å². The van der Waals surface area contributed by atoms with Crippen LogP contribution in [0.3, 0.4) is 0 Å². The fourth-order valence-electron chi connectivity index (χ4n) is 5.44. The average molecular weight is 511 g/mol. The maximum absolute atomic E-state index is 14.0. The molecule has 0 radical (unpaired) electrons. The number of amides is 3. The first-order valence-electron chi connectivity index (χ1n) is 13.3. The molecule has 38 heavy (non-hydrogen) atoms. The van der Waals surface area contributed by atoms with Crippen molar-refractivity contribution in [3.8, 4) is 0 Å². The first-order valence-corrected chi connectivity index (χ1v) is 13.3. The van der Waals surface area contributed by atoms with Gasteiger partial charge in [0.2, 0.25) is 5.91 Å². The van der Waals surface area contributed by atoms with E-state index in [0.717, 1.165) is 42.4 Å². The van der Waals surface area contributed by atoms with Gasteiger partial charge in [0.05, 0.1) is 23.8 Å². The molecular weight excluding hydrogens is 476 g/mol. The summed E-state index contributed by atoms with van der Waals surface area (Å²) in [6.07, 6.45) is 3.95. The zero-order valence-electron chi connectivity index (χ0n) is 21.9. The van der Waals surface area contributed by atoms with Gasteiger partial charge in [0.25, 0.3) is 11.8 Å². The quantitative estimate of drug-likeness (QED) is 0.458. The summed E-state index contributed by atoms with van der Waals surface area (Å²) < 4.78 is 0. The van der Waals surface area contributed by atoms with Crippen molar-refractivity contribution < 1.29 is 14.4 Å². The third-order valence-electron chi connectivity index (χ3n) is 7.56. The predicted octanol–water partition coefficient (Wildman–Crippen LogP) is 5.03. The highest BCUT2D eigenvalue weighted by molar-refractivity contribution is 6.12. The summed E-state index contributed by atoms with van der Waals surface area (Å²) in [7, 11) is 0. The van der Waals surface area contributed by atoms with Gasteiger partial charge in [-0.1, -0.05) is 60.4 Å². The van der Waals surface area contributed by atoms with E-state index in [4.69, 9.17) is 5.73 Å². The van der Waals surface area contributed by atoms with Crippen LogP contribution in [0.2, 0.25) is 0 Å². The van der Waals surface area contributed by atoms with E-state index in [-0.39, 0.29) is 36.2 Å². The molecule has 1 aliphatic heterocycles. The molecule has 1 heterocycles. The number of anilines is 2. The summed E-state index contributed by atoms with van der Waals surface area (Å²) in [5.41, 5.74) is 11.1. The molecule has 0 spiro atoms. The van der Waals surface area contributed by atoms with Crippen LogP contribution in [0.5, 0.6) is 0 Å². The first-order chi connectivity index (χ1) is 18.3. The number of fused-ring (bicyclic) bond motifs is 1. The van der Waals surface area contributed by atoms with Crippen LogP contribution >= 0.6 is 0 Å². The van der Waals surface area contributed by atoms with Crippen LogP contribution in [0.1, 0.15) is 75.6 Å². The minimum Gasteiger partial charge on any atom is -0.348 e. The smallest absolute Gasteiger partial charge is 0.258 e. The maximum Gasteiger partial charge on any atom is 0.258 e. The molecule has 0 saturated heterocycles. The Hall–Kier alpha value is -3.97. The van der Waals surface area contributed by atoms with Gasteiger partial charge >= 0.3 is 0 Å². The van der Waals surface area contributed by atoms with Crippen molar-refractivity contribution in [2.75, 3.05) is 10.2 Å². The molecule has 1 saturated carbocycles. The number of aryl methyl sites for hydroxylation is 2. The van der Waals surface area contributed by atoms with Crippen molar-refractivity contribution in [2.24, 2.45) is 5.73 Å². The molecule has 5 rings (SSSR count). The van der Waals surface area contributed by atoms with Gasteiger partial charge in [-0.2, -0.15) is 0 Å². The Bertz CT molecular complexity index is 1370. The van der Waals surface area contributed by atoms with Crippen LogP contribution in [0.15, 0.2) is 66.7 Å². The molecular formula is C31H34N4O3. The summed E-state index contributed by atoms with van der Waals surface area (Å²) in [6.45, 7) is 3.94. The van der Waals surface area contributed by atoms with Gasteiger partial charge in [-0.3, -0.25) is 19.3 Å². The lowest BCUT2D eigenvalue weighted by Crippen LogP contribution is -2.49. The Morgan fingerprint density at radius 3 is 2.42 bits per heavy atom. The lowest BCUT2D eigenvalue weighted by molar-refractivity contribution is -0.116. The highest BCUT2D eigenvalue weighted by Crippen LogP contribution is 2.40. The van der Waals surface area contributed by atoms with Crippen LogP contribution in [0, 0.1) is 13.8 Å². The van der Waals surface area contributed by atoms with E-state index < -0.39 is 6.04 Å². The van der Waals surface area contributed by atoms with E-state index in [9.17, 15) is 14.4 Å². The number of carbonyl (C=O) groups excluding carboxylic acids is 3. The topological polar surface area (TPSA) is 105 Å². The number of benzene rings is 3. The zero-order chi connectivity index (χ0) is 26.8. The van der Waals surface area contributed by atoms with Crippen molar-refractivity contribution in [1.82, 2.24) is 5.32 Å². The summed E-state index contributed by atoms with van der Waals surface area (Å²) in [5.74, 6) is -0.661. The molecule has 3 unspecified atom stereocenters. The van der Waals surface area contributed by atoms with E-state index >= 15 is 0 Å². The minimum atomic E-state index is -0.509. The fraction of sp³-hybridized carbons (Fsp3) is 0.323. The normalized spacial score (nSPS) is 21.2. The SMILES string of the molecule is Cc1ccc(C2CC(=O)Nc3cc(C(=O)NC4CCCCC4N)ccc3N2C(=O)c2cccc(C)c2)cc1. The zero-order valence-corrected chi connectivity index (χ0v) is 21.9. The molecule has 3 aromatic carbocycles. The van der Waals surface area contributed by atoms with Crippen LogP contribution in [-0.2, 0) is 4.79 Å². The van der Waals surface area contributed by atoms with E-state index in [2.05, 4.69) is 10.6 Å². The molecule has 4 N–H and O–H groups in total. The van der Waals surface area contributed by atoms with Crippen molar-refractivity contribution >= 4 is 29.1 Å². The Balaban J connectivity index is 1.55. The monoisotopic (exact) mass is 510 g/mol. The molecule has 3 amide bonds. The summed E-state index contributed by atoms with van der Waals surface area (Å²) in [6, 6.07) is 19.8. The minimum absolute atomic E-state index is 0.0639. The molecule has 7 heteroatoms. The van der Waals surface area contributed by atoms with E-state index in [1.54, 1.807) is 29.2 Å². The standard InChI is InChI=1S/C31H34N4O3/c1-19-10-12-21(13-11-19)28-18-29(36)33-26-17-22(30(37)34-25-9-4-3-8-24(25)32)14-15-27(26)35(28)31(38)23-7-5-6-20(2)16-23/h5-7,10-17,24-25,28H,3-4,8-9,18,32H2,1-2H3,(H,33,36)(H,34,37). The Morgan fingerprint density at radius 1 is 0.921 bits per heavy atom. The van der Waals surface area contributed by atoms with E-state index in [1.807, 2.05) is 56.3 Å². The van der Waals surface area contributed by atoms with E-state index in [1.165, 1.54) is 0 Å². The number of nitrogens with zero attached hydrogens (tertiary/aromatic N) is 1. The molecule has 0 bridgehead atoms. The summed E-state index contributed by atoms with van der Waals surface area (Å²) in [4.78, 5) is 42.0. The van der Waals surface area contributed by atoms with Crippen LogP contribution in [0.4, 0.5) is 11.4 Å². The van der Waals surface area contributed by atoms with Gasteiger partial charge in [0.1, 0.15) is 0 Å². The number of carbonyl (C=O) groups is 3. The Labute approximate surface area is 223 Å². The molecule has 0 aromatic heterocycles. The van der Waals surface area contributed by atoms with Crippen molar-refractivity contribution in [3.05, 3.63) is 94.5 Å². The first kappa shape index (κ1) is 25.7. The largest absolute Gasteiger partial charge is 0.348 e. The summed E-state index contributed by atoms with van der Waals surface area (Å²) in [5, 5.41) is 6.02. The van der Waals surface area contributed by atoms with Gasteiger partial charge in [-0.05, 0) is 62.6 Å². The number of nitrogens with two attached hydrogens (primary N) is 1. The second-order valence-corrected chi connectivity index (χ2v) is 10.5. The van der Waals surface area contributed by atoms with Crippen molar-refractivity contribution in [1.29, 1.82) is 0 Å². The highest BCUT2D eigenvalue weighted by atomic mass is 16.2. The van der Waals surface area contributed by atoms with Gasteiger partial charge < -0.3 is 16.4 Å². The van der Waals surface area contributed by atoms with Gasteiger partial charge in [-0.15, -0.1) is 0 Å². The van der Waals surface area contributed by atoms with Crippen LogP contribution in [-0.4, -0.2) is 29.8 Å². The van der Waals surface area contributed by atoms with Crippen LogP contribution < -0.4 is 21.3 Å². The van der Waals surface area contributed by atoms with Crippen molar-refractivity contribution in [3.63, 3.8) is 0 Å². The predicted molar refractivity (Wildman–Crippen MR) is 149 cm³/mol. The number of hydrogen-bond acceptors (Lipinski definition) is 4. The highest BCUT2D eigenvalue weighted by Gasteiger charge is 2.35. The van der Waals surface area contributed by atoms with E-state index in [0.29, 0.717) is 22.5 Å². The second-order valence-electron chi connectivity index (χ2n) is 10.5. The Morgan fingerprint density at radius 2 is 1.68 bits per heavy atom. The maximum atomic E-state index is 14.0. The Kier molecular flexibility index (Phi) is 7.29. The van der Waals surface area contributed by atoms with Crippen LogP contribution in [0.25, 0.3) is 0 Å². The number of nitrogens with one attached hydrogen (secondary N) is 2. The molecule has 196 valence electrons. The number of rotatable bonds is 4. The molecule has 1 aliphatic carbocycles. The molecule has 3 aromatic rings. The third kappa shape index (κ3) is 5.34. The van der Waals surface area contributed by atoms with Gasteiger partial charge in [-0.25, -0.2) is 0 Å².